The first-order valence-corrected chi connectivity index (χ1v) is 12.6. The summed E-state index contributed by atoms with van der Waals surface area (Å²) in [6.45, 7) is 3.69. The minimum atomic E-state index is -0.956. The Morgan fingerprint density at radius 1 is 0.700 bits per heavy atom. The first kappa shape index (κ1) is 23.7. The average molecular weight is 423 g/mol. The van der Waals surface area contributed by atoms with Crippen molar-refractivity contribution >= 4 is 0 Å². The first-order chi connectivity index (χ1) is 14.5. The molecule has 0 radical (unpaired) electrons. The van der Waals surface area contributed by atoms with E-state index in [4.69, 9.17) is 0 Å². The summed E-state index contributed by atoms with van der Waals surface area (Å²) in [4.78, 5) is 0. The van der Waals surface area contributed by atoms with Gasteiger partial charge < -0.3 is 0 Å². The van der Waals surface area contributed by atoms with E-state index < -0.39 is 17.5 Å². The topological polar surface area (TPSA) is 0 Å². The molecule has 170 valence electrons. The second-order valence-electron chi connectivity index (χ2n) is 10.2. The van der Waals surface area contributed by atoms with Crippen molar-refractivity contribution in [1.29, 1.82) is 0 Å². The Morgan fingerprint density at radius 3 is 1.80 bits per heavy atom. The largest absolute Gasteiger partial charge is 0.207 e. The van der Waals surface area contributed by atoms with Gasteiger partial charge >= 0.3 is 0 Å². The predicted molar refractivity (Wildman–Crippen MR) is 119 cm³/mol. The van der Waals surface area contributed by atoms with Gasteiger partial charge in [0, 0.05) is 5.56 Å². The summed E-state index contributed by atoms with van der Waals surface area (Å²) in [6.07, 6.45) is 18.8. The second kappa shape index (κ2) is 11.6. The van der Waals surface area contributed by atoms with Gasteiger partial charge in [0.25, 0.3) is 0 Å². The lowest BCUT2D eigenvalue weighted by molar-refractivity contribution is 0.221. The van der Waals surface area contributed by atoms with Crippen LogP contribution in [0.4, 0.5) is 13.2 Å². The van der Waals surface area contributed by atoms with Crippen molar-refractivity contribution in [2.45, 2.75) is 116 Å². The number of rotatable bonds is 9. The number of benzene rings is 1. The van der Waals surface area contributed by atoms with Gasteiger partial charge in [-0.1, -0.05) is 77.6 Å². The summed E-state index contributed by atoms with van der Waals surface area (Å²) in [5, 5.41) is 0. The van der Waals surface area contributed by atoms with Gasteiger partial charge in [0.05, 0.1) is 0 Å². The molecule has 0 unspecified atom stereocenters. The highest BCUT2D eigenvalue weighted by molar-refractivity contribution is 5.30. The van der Waals surface area contributed by atoms with E-state index in [1.165, 1.54) is 77.6 Å². The molecule has 2 saturated carbocycles. The summed E-state index contributed by atoms with van der Waals surface area (Å²) in [5.41, 5.74) is 0.0481. The zero-order valence-electron chi connectivity index (χ0n) is 19.1. The summed E-state index contributed by atoms with van der Waals surface area (Å²) in [7, 11) is 0. The molecule has 0 saturated heterocycles. The van der Waals surface area contributed by atoms with Crippen LogP contribution in [0.1, 0.15) is 120 Å². The average Bonchev–Trinajstić information content (AvgIpc) is 2.75. The van der Waals surface area contributed by atoms with Crippen LogP contribution in [0.3, 0.4) is 0 Å². The Morgan fingerprint density at radius 2 is 1.23 bits per heavy atom. The fraction of sp³-hybridized carbons (Fsp3) is 0.778. The molecule has 0 aliphatic heterocycles. The Balaban J connectivity index is 1.37. The van der Waals surface area contributed by atoms with Crippen LogP contribution in [0.25, 0.3) is 0 Å². The van der Waals surface area contributed by atoms with E-state index in [1.54, 1.807) is 0 Å². The summed E-state index contributed by atoms with van der Waals surface area (Å²) in [6, 6.07) is 1.15. The lowest BCUT2D eigenvalue weighted by Gasteiger charge is -2.32. The molecule has 0 N–H and O–H groups in total. The molecule has 0 aromatic heterocycles. The van der Waals surface area contributed by atoms with Crippen LogP contribution >= 0.6 is 0 Å². The highest BCUT2D eigenvalue weighted by atomic mass is 19.2. The fourth-order valence-corrected chi connectivity index (χ4v) is 5.98. The van der Waals surface area contributed by atoms with E-state index in [0.717, 1.165) is 43.6 Å². The minimum absolute atomic E-state index is 0.00573. The fourth-order valence-electron chi connectivity index (χ4n) is 5.98. The smallest absolute Gasteiger partial charge is 0.165 e. The maximum atomic E-state index is 14.3. The summed E-state index contributed by atoms with van der Waals surface area (Å²) >= 11 is 0. The van der Waals surface area contributed by atoms with Crippen molar-refractivity contribution < 1.29 is 13.2 Å². The normalized spacial score (nSPS) is 27.4. The van der Waals surface area contributed by atoms with Crippen LogP contribution in [0, 0.1) is 42.1 Å². The van der Waals surface area contributed by atoms with Crippen LogP contribution in [-0.4, -0.2) is 0 Å². The number of aryl methyl sites for hydroxylation is 1. The molecule has 0 atom stereocenters. The van der Waals surface area contributed by atoms with Crippen molar-refractivity contribution in [2.75, 3.05) is 0 Å². The molecule has 30 heavy (non-hydrogen) atoms. The highest BCUT2D eigenvalue weighted by Gasteiger charge is 2.29. The molecule has 0 nitrogen and oxygen atoms in total. The molecule has 0 spiro atoms. The highest BCUT2D eigenvalue weighted by Crippen LogP contribution is 2.42. The molecular weight excluding hydrogens is 381 g/mol. The molecular formula is C27H41F3. The van der Waals surface area contributed by atoms with Gasteiger partial charge in [-0.2, -0.15) is 0 Å². The lowest BCUT2D eigenvalue weighted by Crippen LogP contribution is -2.19. The molecule has 2 fully saturated rings. The summed E-state index contributed by atoms with van der Waals surface area (Å²) < 4.78 is 42.6. The quantitative estimate of drug-likeness (QED) is 0.275. The molecule has 1 aromatic carbocycles. The standard InChI is InChI=1S/C27H41F3/c1-3-4-5-6-7-20-8-10-21(11-9-20)12-13-22-14-16-23(17-15-22)25-24(28)18-19(2)26(29)27(25)30/h18,20-23H,3-17H2,1-2H3. The van der Waals surface area contributed by atoms with E-state index in [0.29, 0.717) is 5.92 Å². The van der Waals surface area contributed by atoms with Crippen LogP contribution in [0.5, 0.6) is 0 Å². The van der Waals surface area contributed by atoms with Crippen molar-refractivity contribution in [3.63, 3.8) is 0 Å². The SMILES string of the molecule is CCCCCCC1CCC(CCC2CCC(c3c(F)cc(C)c(F)c3F)CC2)CC1. The zero-order chi connectivity index (χ0) is 21.5. The van der Waals surface area contributed by atoms with Gasteiger partial charge in [0.2, 0.25) is 0 Å². The van der Waals surface area contributed by atoms with E-state index in [9.17, 15) is 13.2 Å². The Bertz CT molecular complexity index is 653. The van der Waals surface area contributed by atoms with Gasteiger partial charge in [-0.15, -0.1) is 0 Å². The van der Waals surface area contributed by atoms with Crippen molar-refractivity contribution in [3.8, 4) is 0 Å². The van der Waals surface area contributed by atoms with E-state index in [1.807, 2.05) is 0 Å². The van der Waals surface area contributed by atoms with E-state index in [-0.39, 0.29) is 17.0 Å². The molecule has 0 bridgehead atoms. The molecule has 2 aliphatic rings. The van der Waals surface area contributed by atoms with Crippen molar-refractivity contribution in [1.82, 2.24) is 0 Å². The molecule has 0 heterocycles. The Hall–Kier alpha value is -0.990. The predicted octanol–water partition coefficient (Wildman–Crippen LogP) is 9.24. The molecule has 3 heteroatoms. The Labute approximate surface area is 182 Å². The van der Waals surface area contributed by atoms with Gasteiger partial charge in [-0.25, -0.2) is 13.2 Å². The lowest BCUT2D eigenvalue weighted by atomic mass is 9.73. The van der Waals surface area contributed by atoms with Crippen LogP contribution in [0.2, 0.25) is 0 Å². The third-order valence-electron chi connectivity index (χ3n) is 8.05. The van der Waals surface area contributed by atoms with Crippen LogP contribution < -0.4 is 0 Å². The number of hydrogen-bond acceptors (Lipinski definition) is 0. The van der Waals surface area contributed by atoms with Gasteiger partial charge in [0.15, 0.2) is 11.6 Å². The molecule has 0 amide bonds. The van der Waals surface area contributed by atoms with Gasteiger partial charge in [0.1, 0.15) is 5.82 Å². The molecule has 1 aromatic rings. The third kappa shape index (κ3) is 6.26. The number of unbranched alkanes of at least 4 members (excludes halogenated alkanes) is 3. The van der Waals surface area contributed by atoms with E-state index in [2.05, 4.69) is 6.92 Å². The van der Waals surface area contributed by atoms with E-state index >= 15 is 0 Å². The van der Waals surface area contributed by atoms with Gasteiger partial charge in [-0.3, -0.25) is 0 Å². The molecule has 3 rings (SSSR count). The third-order valence-corrected chi connectivity index (χ3v) is 8.05. The number of halogens is 3. The van der Waals surface area contributed by atoms with Crippen LogP contribution in [0.15, 0.2) is 6.07 Å². The Kier molecular flexibility index (Phi) is 9.13. The first-order valence-electron chi connectivity index (χ1n) is 12.6. The molecule has 2 aliphatic carbocycles. The number of hydrogen-bond donors (Lipinski definition) is 0. The maximum Gasteiger partial charge on any atom is 0.165 e. The van der Waals surface area contributed by atoms with Crippen molar-refractivity contribution in [2.24, 2.45) is 17.8 Å². The van der Waals surface area contributed by atoms with Gasteiger partial charge in [-0.05, 0) is 67.9 Å². The monoisotopic (exact) mass is 422 g/mol. The van der Waals surface area contributed by atoms with Crippen LogP contribution in [-0.2, 0) is 0 Å². The second-order valence-corrected chi connectivity index (χ2v) is 10.2. The van der Waals surface area contributed by atoms with Crippen molar-refractivity contribution in [3.05, 3.63) is 34.6 Å². The maximum absolute atomic E-state index is 14.3. The summed E-state index contributed by atoms with van der Waals surface area (Å²) in [5.74, 6) is -0.0453. The zero-order valence-corrected chi connectivity index (χ0v) is 19.1. The minimum Gasteiger partial charge on any atom is -0.207 e.